The molecule has 1 aliphatic heterocycles. The monoisotopic (exact) mass is 531 g/mol. The average molecular weight is 533 g/mol. The predicted molar refractivity (Wildman–Crippen MR) is 128 cm³/mol. The lowest BCUT2D eigenvalue weighted by molar-refractivity contribution is -0.123. The lowest BCUT2D eigenvalue weighted by Crippen LogP contribution is -2.27. The first-order chi connectivity index (χ1) is 15.4. The summed E-state index contributed by atoms with van der Waals surface area (Å²) < 4.78 is 20.0. The Kier molecular flexibility index (Phi) is 6.98. The van der Waals surface area contributed by atoms with E-state index in [4.69, 9.17) is 16.3 Å². The maximum atomic E-state index is 13.2. The minimum Gasteiger partial charge on any atom is -0.489 e. The fraction of sp³-hybridized carbons (Fsp3) is 0.0833. The Bertz CT molecular complexity index is 1200. The molecule has 3 aromatic rings. The molecular formula is C24H16BrClFNO3S. The van der Waals surface area contributed by atoms with Gasteiger partial charge in [0.15, 0.2) is 0 Å². The van der Waals surface area contributed by atoms with Crippen LogP contribution in [-0.4, -0.2) is 16.0 Å². The van der Waals surface area contributed by atoms with Gasteiger partial charge in [0, 0.05) is 9.50 Å². The number of hydrogen-bond donors (Lipinski definition) is 0. The first-order valence-corrected chi connectivity index (χ1v) is 11.5. The van der Waals surface area contributed by atoms with Crippen molar-refractivity contribution in [3.63, 3.8) is 0 Å². The van der Waals surface area contributed by atoms with E-state index in [9.17, 15) is 14.0 Å². The average Bonchev–Trinajstić information content (AvgIpc) is 3.03. The number of amides is 2. The van der Waals surface area contributed by atoms with Crippen LogP contribution in [0.3, 0.4) is 0 Å². The highest BCUT2D eigenvalue weighted by Gasteiger charge is 2.35. The zero-order valence-corrected chi connectivity index (χ0v) is 19.7. The summed E-state index contributed by atoms with van der Waals surface area (Å²) in [6, 6.07) is 19.0. The van der Waals surface area contributed by atoms with E-state index in [0.29, 0.717) is 22.8 Å². The van der Waals surface area contributed by atoms with Crippen LogP contribution in [0.4, 0.5) is 9.18 Å². The van der Waals surface area contributed by atoms with E-state index in [1.165, 1.54) is 12.1 Å². The van der Waals surface area contributed by atoms with Crippen LogP contribution >= 0.6 is 39.3 Å². The molecule has 0 unspecified atom stereocenters. The van der Waals surface area contributed by atoms with Crippen molar-refractivity contribution in [2.24, 2.45) is 0 Å². The molecule has 2 amide bonds. The molecule has 0 aliphatic carbocycles. The predicted octanol–water partition coefficient (Wildman–Crippen LogP) is 7.06. The van der Waals surface area contributed by atoms with Gasteiger partial charge in [0.1, 0.15) is 18.2 Å². The minimum atomic E-state index is -0.475. The number of halogens is 3. The Labute approximate surface area is 202 Å². The zero-order valence-electron chi connectivity index (χ0n) is 16.6. The Morgan fingerprint density at radius 3 is 2.44 bits per heavy atom. The van der Waals surface area contributed by atoms with E-state index in [0.717, 1.165) is 38.3 Å². The molecule has 162 valence electrons. The SMILES string of the molecule is O=C1S/C(=C\c2ccc(OCc3ccc(Br)cc3)cc2)C(=O)N1Cc1ccc(F)cc1Cl. The maximum Gasteiger partial charge on any atom is 0.293 e. The normalized spacial score (nSPS) is 15.0. The molecule has 1 fully saturated rings. The fourth-order valence-electron chi connectivity index (χ4n) is 3.02. The first-order valence-electron chi connectivity index (χ1n) is 9.55. The van der Waals surface area contributed by atoms with Crippen molar-refractivity contribution >= 4 is 56.5 Å². The molecule has 3 aromatic carbocycles. The number of carbonyl (C=O) groups excluding carboxylic acids is 2. The molecule has 1 saturated heterocycles. The summed E-state index contributed by atoms with van der Waals surface area (Å²) in [5.41, 5.74) is 2.32. The zero-order chi connectivity index (χ0) is 22.7. The number of benzene rings is 3. The molecule has 8 heteroatoms. The van der Waals surface area contributed by atoms with Gasteiger partial charge in [0.2, 0.25) is 0 Å². The van der Waals surface area contributed by atoms with Gasteiger partial charge >= 0.3 is 0 Å². The molecule has 4 rings (SSSR count). The number of imide groups is 1. The molecule has 1 heterocycles. The van der Waals surface area contributed by atoms with E-state index in [2.05, 4.69) is 15.9 Å². The molecule has 0 atom stereocenters. The Hall–Kier alpha value is -2.61. The third-order valence-electron chi connectivity index (χ3n) is 4.71. The molecule has 0 radical (unpaired) electrons. The van der Waals surface area contributed by atoms with Crippen LogP contribution in [0.2, 0.25) is 5.02 Å². The van der Waals surface area contributed by atoms with Gasteiger partial charge in [-0.2, -0.15) is 0 Å². The van der Waals surface area contributed by atoms with Gasteiger partial charge in [-0.25, -0.2) is 4.39 Å². The van der Waals surface area contributed by atoms with Crippen molar-refractivity contribution in [1.82, 2.24) is 4.90 Å². The standard InChI is InChI=1S/C24H16BrClFNO3S/c25-18-6-1-16(2-7-18)14-31-20-9-3-15(4-10-20)11-22-23(29)28(24(30)32-22)13-17-5-8-19(27)12-21(17)26/h1-12H,13-14H2/b22-11-. The maximum absolute atomic E-state index is 13.2. The van der Waals surface area contributed by atoms with Gasteiger partial charge in [-0.15, -0.1) is 0 Å². The molecule has 0 bridgehead atoms. The van der Waals surface area contributed by atoms with Crippen LogP contribution in [0.1, 0.15) is 16.7 Å². The van der Waals surface area contributed by atoms with Crippen LogP contribution in [0.25, 0.3) is 6.08 Å². The highest BCUT2D eigenvalue weighted by molar-refractivity contribution is 9.10. The van der Waals surface area contributed by atoms with Crippen molar-refractivity contribution < 1.29 is 18.7 Å². The van der Waals surface area contributed by atoms with Gasteiger partial charge in [-0.1, -0.05) is 57.9 Å². The highest BCUT2D eigenvalue weighted by Crippen LogP contribution is 2.34. The lowest BCUT2D eigenvalue weighted by Gasteiger charge is -2.13. The van der Waals surface area contributed by atoms with E-state index in [1.807, 2.05) is 48.5 Å². The molecule has 0 saturated carbocycles. The molecule has 1 aliphatic rings. The van der Waals surface area contributed by atoms with Crippen molar-refractivity contribution in [3.8, 4) is 5.75 Å². The van der Waals surface area contributed by atoms with Crippen molar-refractivity contribution in [2.75, 3.05) is 0 Å². The molecule has 0 spiro atoms. The van der Waals surface area contributed by atoms with Crippen LogP contribution in [0.15, 0.2) is 76.1 Å². The van der Waals surface area contributed by atoms with E-state index in [1.54, 1.807) is 6.08 Å². The topological polar surface area (TPSA) is 46.6 Å². The van der Waals surface area contributed by atoms with E-state index < -0.39 is 17.0 Å². The van der Waals surface area contributed by atoms with Gasteiger partial charge in [-0.05, 0) is 70.9 Å². The molecule has 0 aromatic heterocycles. The Morgan fingerprint density at radius 1 is 1.03 bits per heavy atom. The van der Waals surface area contributed by atoms with E-state index in [-0.39, 0.29) is 11.6 Å². The largest absolute Gasteiger partial charge is 0.489 e. The van der Waals surface area contributed by atoms with Crippen molar-refractivity contribution in [3.05, 3.63) is 104 Å². The third-order valence-corrected chi connectivity index (χ3v) is 6.50. The lowest BCUT2D eigenvalue weighted by atomic mass is 10.2. The summed E-state index contributed by atoms with van der Waals surface area (Å²) in [6.07, 6.45) is 1.66. The third kappa shape index (κ3) is 5.41. The summed E-state index contributed by atoms with van der Waals surface area (Å²) in [5.74, 6) is -0.183. The van der Waals surface area contributed by atoms with Gasteiger partial charge in [0.05, 0.1) is 11.4 Å². The number of rotatable bonds is 6. The second-order valence-corrected chi connectivity index (χ2v) is 9.30. The highest BCUT2D eigenvalue weighted by atomic mass is 79.9. The minimum absolute atomic E-state index is 0.00997. The first kappa shape index (κ1) is 22.6. The summed E-state index contributed by atoms with van der Waals surface area (Å²) in [7, 11) is 0. The van der Waals surface area contributed by atoms with Crippen LogP contribution < -0.4 is 4.74 Å². The molecule has 0 N–H and O–H groups in total. The molecular weight excluding hydrogens is 517 g/mol. The fourth-order valence-corrected chi connectivity index (χ4v) is 4.35. The van der Waals surface area contributed by atoms with Crippen LogP contribution in [0, 0.1) is 5.82 Å². The Morgan fingerprint density at radius 2 is 1.75 bits per heavy atom. The number of hydrogen-bond acceptors (Lipinski definition) is 4. The summed E-state index contributed by atoms with van der Waals surface area (Å²) in [6.45, 7) is 0.432. The van der Waals surface area contributed by atoms with Crippen LogP contribution in [0.5, 0.6) is 5.75 Å². The van der Waals surface area contributed by atoms with Crippen molar-refractivity contribution in [1.29, 1.82) is 0 Å². The number of ether oxygens (including phenoxy) is 1. The number of nitrogens with zero attached hydrogens (tertiary/aromatic N) is 1. The quantitative estimate of drug-likeness (QED) is 0.319. The number of carbonyl (C=O) groups is 2. The summed E-state index contributed by atoms with van der Waals surface area (Å²) in [4.78, 5) is 26.5. The van der Waals surface area contributed by atoms with E-state index >= 15 is 0 Å². The smallest absolute Gasteiger partial charge is 0.293 e. The van der Waals surface area contributed by atoms with Gasteiger partial charge < -0.3 is 4.74 Å². The Balaban J connectivity index is 1.41. The number of thioether (sulfide) groups is 1. The van der Waals surface area contributed by atoms with Crippen LogP contribution in [-0.2, 0) is 17.9 Å². The van der Waals surface area contributed by atoms with Crippen molar-refractivity contribution in [2.45, 2.75) is 13.2 Å². The van der Waals surface area contributed by atoms with Gasteiger partial charge in [0.25, 0.3) is 11.1 Å². The summed E-state index contributed by atoms with van der Waals surface area (Å²) >= 11 is 10.3. The molecule has 4 nitrogen and oxygen atoms in total. The second kappa shape index (κ2) is 9.90. The molecule has 32 heavy (non-hydrogen) atoms. The second-order valence-electron chi connectivity index (χ2n) is 6.99. The van der Waals surface area contributed by atoms with Gasteiger partial charge in [-0.3, -0.25) is 14.5 Å². The summed E-state index contributed by atoms with van der Waals surface area (Å²) in [5, 5.41) is -0.220.